The molecule has 1 saturated heterocycles. The molecule has 0 aromatic carbocycles. The van der Waals surface area contributed by atoms with Gasteiger partial charge in [-0.15, -0.1) is 0 Å². The average molecular weight is 193 g/mol. The van der Waals surface area contributed by atoms with Crippen LogP contribution in [-0.2, 0) is 6.54 Å². The summed E-state index contributed by atoms with van der Waals surface area (Å²) in [5.41, 5.74) is 1.42. The third-order valence-corrected chi connectivity index (χ3v) is 2.98. The Bertz CT molecular complexity index is 274. The largest absolute Gasteiger partial charge is 0.334 e. The van der Waals surface area contributed by atoms with Crippen molar-refractivity contribution in [3.05, 3.63) is 18.2 Å². The summed E-state index contributed by atoms with van der Waals surface area (Å²) in [6.07, 6.45) is 7.78. The minimum atomic E-state index is 0.689. The molecule has 1 aromatic rings. The number of aromatic nitrogens is 2. The molecule has 1 fully saturated rings. The zero-order chi connectivity index (χ0) is 9.80. The molecular weight excluding hydrogens is 174 g/mol. The van der Waals surface area contributed by atoms with E-state index < -0.39 is 0 Å². The van der Waals surface area contributed by atoms with E-state index in [2.05, 4.69) is 21.8 Å². The smallest absolute Gasteiger partial charge is 0.0948 e. The number of imidazole rings is 1. The van der Waals surface area contributed by atoms with Crippen molar-refractivity contribution in [3.63, 3.8) is 0 Å². The van der Waals surface area contributed by atoms with Gasteiger partial charge in [0, 0.05) is 30.9 Å². The number of hydrogen-bond acceptors (Lipinski definition) is 2. The van der Waals surface area contributed by atoms with Gasteiger partial charge >= 0.3 is 0 Å². The fourth-order valence-electron chi connectivity index (χ4n) is 2.09. The van der Waals surface area contributed by atoms with Crippen LogP contribution in [0, 0.1) is 0 Å². The molecule has 3 heteroatoms. The van der Waals surface area contributed by atoms with E-state index in [0.29, 0.717) is 5.92 Å². The minimum Gasteiger partial charge on any atom is -0.334 e. The van der Waals surface area contributed by atoms with Crippen LogP contribution >= 0.6 is 0 Å². The maximum atomic E-state index is 4.25. The number of nitrogens with one attached hydrogen (secondary N) is 1. The third-order valence-electron chi connectivity index (χ3n) is 2.98. The molecule has 1 aliphatic rings. The highest BCUT2D eigenvalue weighted by Gasteiger charge is 2.19. The van der Waals surface area contributed by atoms with Crippen LogP contribution in [0.3, 0.4) is 0 Å². The summed E-state index contributed by atoms with van der Waals surface area (Å²) in [7, 11) is 0. The lowest BCUT2D eigenvalue weighted by Gasteiger charge is -2.12. The molecule has 0 spiro atoms. The van der Waals surface area contributed by atoms with Crippen LogP contribution in [0.25, 0.3) is 0 Å². The fourth-order valence-corrected chi connectivity index (χ4v) is 2.09. The fraction of sp³-hybridized carbons (Fsp3) is 0.727. The second-order valence-corrected chi connectivity index (χ2v) is 4.06. The zero-order valence-electron chi connectivity index (χ0n) is 8.87. The highest BCUT2D eigenvalue weighted by atomic mass is 15.1. The molecule has 14 heavy (non-hydrogen) atoms. The van der Waals surface area contributed by atoms with E-state index in [1.54, 1.807) is 0 Å². The molecule has 3 nitrogen and oxygen atoms in total. The molecule has 2 rings (SSSR count). The van der Waals surface area contributed by atoms with Gasteiger partial charge in [-0.1, -0.05) is 13.3 Å². The molecule has 1 aromatic heterocycles. The van der Waals surface area contributed by atoms with Gasteiger partial charge in [-0.3, -0.25) is 0 Å². The third kappa shape index (κ3) is 1.98. The minimum absolute atomic E-state index is 0.689. The van der Waals surface area contributed by atoms with Crippen LogP contribution in [0.5, 0.6) is 0 Å². The van der Waals surface area contributed by atoms with Gasteiger partial charge in [-0.2, -0.15) is 0 Å². The van der Waals surface area contributed by atoms with Crippen molar-refractivity contribution in [3.8, 4) is 0 Å². The summed E-state index contributed by atoms with van der Waals surface area (Å²) in [6.45, 7) is 5.64. The van der Waals surface area contributed by atoms with E-state index in [0.717, 1.165) is 19.6 Å². The average Bonchev–Trinajstić information content (AvgIpc) is 2.84. The highest BCUT2D eigenvalue weighted by molar-refractivity contribution is 5.09. The summed E-state index contributed by atoms with van der Waals surface area (Å²) in [4.78, 5) is 4.25. The van der Waals surface area contributed by atoms with Crippen LogP contribution in [0.2, 0.25) is 0 Å². The van der Waals surface area contributed by atoms with Gasteiger partial charge in [0.15, 0.2) is 0 Å². The van der Waals surface area contributed by atoms with E-state index in [9.17, 15) is 0 Å². The van der Waals surface area contributed by atoms with Gasteiger partial charge in [-0.25, -0.2) is 4.98 Å². The van der Waals surface area contributed by atoms with Crippen LogP contribution in [0.1, 0.15) is 37.8 Å². The predicted molar refractivity (Wildman–Crippen MR) is 57.4 cm³/mol. The maximum Gasteiger partial charge on any atom is 0.0948 e. The normalized spacial score (nSPS) is 21.6. The van der Waals surface area contributed by atoms with Gasteiger partial charge in [0.1, 0.15) is 0 Å². The molecule has 2 heterocycles. The Kier molecular flexibility index (Phi) is 3.19. The number of aryl methyl sites for hydroxylation is 1. The highest BCUT2D eigenvalue weighted by Crippen LogP contribution is 2.21. The van der Waals surface area contributed by atoms with Crippen LogP contribution < -0.4 is 5.32 Å². The molecule has 0 bridgehead atoms. The Morgan fingerprint density at radius 1 is 1.64 bits per heavy atom. The van der Waals surface area contributed by atoms with Crippen molar-refractivity contribution in [2.75, 3.05) is 13.1 Å². The quantitative estimate of drug-likeness (QED) is 0.789. The Morgan fingerprint density at radius 2 is 2.57 bits per heavy atom. The zero-order valence-corrected chi connectivity index (χ0v) is 8.87. The van der Waals surface area contributed by atoms with Crippen molar-refractivity contribution in [2.45, 2.75) is 38.6 Å². The van der Waals surface area contributed by atoms with E-state index >= 15 is 0 Å². The van der Waals surface area contributed by atoms with Gasteiger partial charge < -0.3 is 9.88 Å². The Balaban J connectivity index is 2.04. The molecule has 1 atom stereocenters. The Labute approximate surface area is 85.5 Å². The van der Waals surface area contributed by atoms with Gasteiger partial charge in [-0.05, 0) is 19.4 Å². The molecule has 0 amide bonds. The first-order valence-corrected chi connectivity index (χ1v) is 5.62. The lowest BCUT2D eigenvalue weighted by molar-refractivity contribution is 0.579. The molecule has 0 aliphatic carbocycles. The topological polar surface area (TPSA) is 29.9 Å². The molecule has 1 unspecified atom stereocenters. The van der Waals surface area contributed by atoms with Crippen molar-refractivity contribution in [1.29, 1.82) is 0 Å². The summed E-state index contributed by atoms with van der Waals surface area (Å²) in [6, 6.07) is 0. The van der Waals surface area contributed by atoms with Crippen LogP contribution in [-0.4, -0.2) is 22.6 Å². The SMILES string of the molecule is CCCCn1cncc1C1CCNC1. The summed E-state index contributed by atoms with van der Waals surface area (Å²) in [5.74, 6) is 0.689. The van der Waals surface area contributed by atoms with Crippen molar-refractivity contribution >= 4 is 0 Å². The molecule has 0 saturated carbocycles. The number of unbranched alkanes of at least 4 members (excludes halogenated alkanes) is 1. The standard InChI is InChI=1S/C11H19N3/c1-2-3-6-14-9-13-8-11(14)10-4-5-12-7-10/h8-10,12H,2-7H2,1H3. The van der Waals surface area contributed by atoms with Crippen LogP contribution in [0.4, 0.5) is 0 Å². The van der Waals surface area contributed by atoms with Gasteiger partial charge in [0.2, 0.25) is 0 Å². The van der Waals surface area contributed by atoms with Gasteiger partial charge in [0.25, 0.3) is 0 Å². The lowest BCUT2D eigenvalue weighted by atomic mass is 10.1. The second-order valence-electron chi connectivity index (χ2n) is 4.06. The second kappa shape index (κ2) is 4.60. The molecule has 78 valence electrons. The summed E-state index contributed by atoms with van der Waals surface area (Å²) < 4.78 is 2.32. The molecule has 1 N–H and O–H groups in total. The first kappa shape index (κ1) is 9.71. The Hall–Kier alpha value is -0.830. The van der Waals surface area contributed by atoms with E-state index in [4.69, 9.17) is 0 Å². The number of hydrogen-bond donors (Lipinski definition) is 1. The number of rotatable bonds is 4. The van der Waals surface area contributed by atoms with E-state index in [1.807, 2.05) is 12.5 Å². The predicted octanol–water partition coefficient (Wildman–Crippen LogP) is 1.76. The van der Waals surface area contributed by atoms with E-state index in [-0.39, 0.29) is 0 Å². The molecule has 0 radical (unpaired) electrons. The Morgan fingerprint density at radius 3 is 3.29 bits per heavy atom. The summed E-state index contributed by atoms with van der Waals surface area (Å²) >= 11 is 0. The van der Waals surface area contributed by atoms with Crippen LogP contribution in [0.15, 0.2) is 12.5 Å². The van der Waals surface area contributed by atoms with E-state index in [1.165, 1.54) is 25.0 Å². The summed E-state index contributed by atoms with van der Waals surface area (Å²) in [5, 5.41) is 3.40. The van der Waals surface area contributed by atoms with Gasteiger partial charge in [0.05, 0.1) is 6.33 Å². The van der Waals surface area contributed by atoms with Crippen molar-refractivity contribution < 1.29 is 0 Å². The first-order valence-electron chi connectivity index (χ1n) is 5.62. The molecular formula is C11H19N3. The maximum absolute atomic E-state index is 4.25. The lowest BCUT2D eigenvalue weighted by Crippen LogP contribution is -2.11. The first-order chi connectivity index (χ1) is 6.92. The molecule has 1 aliphatic heterocycles. The number of nitrogens with zero attached hydrogens (tertiary/aromatic N) is 2. The van der Waals surface area contributed by atoms with Crippen molar-refractivity contribution in [2.24, 2.45) is 0 Å². The monoisotopic (exact) mass is 193 g/mol. The van der Waals surface area contributed by atoms with Crippen molar-refractivity contribution in [1.82, 2.24) is 14.9 Å².